The number of nitro benzene ring substituents is 1. The van der Waals surface area contributed by atoms with Crippen LogP contribution in [0.1, 0.15) is 119 Å². The second kappa shape index (κ2) is 16.3. The SMILES string of the molecule is CCCCC1(CCCC)c2cc(C(=O)/C(C)=N/OC(=O)c3ccccc3)ccc2-c2c([N+](=O)[O-])cc(C(=O)/C(C)=N/OC(=O)c3ccccc3)cc21. The standard InChI is InChI=1S/C41H39N3O8/c1-5-7-21-41(22-8-6-2)33-23-30(37(45)26(3)42-51-39(47)28-15-11-9-12-16-28)19-20-32(33)36-34(41)24-31(25-35(36)44(49)50)38(46)27(4)43-52-40(48)29-17-13-10-14-18-29/h9-20,23-25H,5-8,21-22H2,1-4H3/b42-26+,43-27+. The largest absolute Gasteiger partial charge is 0.365 e. The number of ketones is 2. The van der Waals surface area contributed by atoms with Crippen molar-refractivity contribution in [3.8, 4) is 11.1 Å². The van der Waals surface area contributed by atoms with Gasteiger partial charge in [0.05, 0.1) is 21.6 Å². The van der Waals surface area contributed by atoms with Gasteiger partial charge in [0.25, 0.3) is 5.69 Å². The summed E-state index contributed by atoms with van der Waals surface area (Å²) in [5.74, 6) is -2.55. The molecule has 4 aromatic rings. The van der Waals surface area contributed by atoms with E-state index in [1.165, 1.54) is 19.9 Å². The average molecular weight is 702 g/mol. The zero-order valence-electron chi connectivity index (χ0n) is 29.5. The summed E-state index contributed by atoms with van der Waals surface area (Å²) < 4.78 is 0. The van der Waals surface area contributed by atoms with E-state index < -0.39 is 33.8 Å². The highest BCUT2D eigenvalue weighted by Gasteiger charge is 2.46. The third-order valence-corrected chi connectivity index (χ3v) is 9.28. The predicted molar refractivity (Wildman–Crippen MR) is 197 cm³/mol. The van der Waals surface area contributed by atoms with Gasteiger partial charge in [-0.3, -0.25) is 19.7 Å². The second-order valence-electron chi connectivity index (χ2n) is 12.7. The van der Waals surface area contributed by atoms with E-state index in [2.05, 4.69) is 24.2 Å². The number of hydrogen-bond acceptors (Lipinski definition) is 10. The number of nitrogens with zero attached hydrogens (tertiary/aromatic N) is 3. The van der Waals surface area contributed by atoms with Gasteiger partial charge < -0.3 is 9.68 Å². The number of carbonyl (C=O) groups is 4. The maximum absolute atomic E-state index is 13.8. The van der Waals surface area contributed by atoms with Crippen LogP contribution < -0.4 is 0 Å². The van der Waals surface area contributed by atoms with E-state index in [0.29, 0.717) is 29.5 Å². The Bertz CT molecular complexity index is 2080. The summed E-state index contributed by atoms with van der Waals surface area (Å²) in [6.07, 6.45) is 4.46. The van der Waals surface area contributed by atoms with Crippen molar-refractivity contribution in [2.45, 2.75) is 71.6 Å². The molecule has 52 heavy (non-hydrogen) atoms. The zero-order valence-corrected chi connectivity index (χ0v) is 29.5. The molecule has 0 spiro atoms. The van der Waals surface area contributed by atoms with Gasteiger partial charge in [0.1, 0.15) is 11.4 Å². The topological polar surface area (TPSA) is 155 Å². The monoisotopic (exact) mass is 701 g/mol. The smallest absolute Gasteiger partial charge is 0.312 e. The quantitative estimate of drug-likeness (QED) is 0.0391. The van der Waals surface area contributed by atoms with Gasteiger partial charge in [-0.2, -0.15) is 0 Å². The van der Waals surface area contributed by atoms with Crippen molar-refractivity contribution in [1.29, 1.82) is 0 Å². The lowest BCUT2D eigenvalue weighted by Gasteiger charge is -2.33. The first kappa shape index (κ1) is 37.2. The molecular weight excluding hydrogens is 662 g/mol. The fourth-order valence-corrected chi connectivity index (χ4v) is 6.60. The number of carbonyl (C=O) groups excluding carboxylic acids is 4. The number of nitro groups is 1. The molecule has 0 aliphatic heterocycles. The molecule has 11 heteroatoms. The van der Waals surface area contributed by atoms with Crippen molar-refractivity contribution in [1.82, 2.24) is 0 Å². The Hall–Kier alpha value is -6.10. The Kier molecular flexibility index (Phi) is 11.6. The lowest BCUT2D eigenvalue weighted by atomic mass is 9.70. The molecular formula is C41H39N3O8. The molecule has 0 atom stereocenters. The van der Waals surface area contributed by atoms with Crippen LogP contribution >= 0.6 is 0 Å². The molecule has 0 fully saturated rings. The zero-order chi connectivity index (χ0) is 37.4. The summed E-state index contributed by atoms with van der Waals surface area (Å²) in [6, 6.07) is 24.4. The van der Waals surface area contributed by atoms with Crippen LogP contribution in [-0.2, 0) is 15.1 Å². The first-order chi connectivity index (χ1) is 25.0. The molecule has 266 valence electrons. The Balaban J connectivity index is 1.57. The van der Waals surface area contributed by atoms with Gasteiger partial charge in [-0.15, -0.1) is 0 Å². The van der Waals surface area contributed by atoms with Crippen LogP contribution in [0.25, 0.3) is 11.1 Å². The van der Waals surface area contributed by atoms with E-state index in [1.54, 1.807) is 84.9 Å². The fourth-order valence-electron chi connectivity index (χ4n) is 6.60. The van der Waals surface area contributed by atoms with Crippen molar-refractivity contribution in [2.75, 3.05) is 0 Å². The van der Waals surface area contributed by atoms with Gasteiger partial charge in [-0.25, -0.2) is 9.59 Å². The molecule has 1 aliphatic rings. The highest BCUT2D eigenvalue weighted by atomic mass is 16.7. The minimum atomic E-state index is -0.760. The molecule has 0 radical (unpaired) electrons. The average Bonchev–Trinajstić information content (AvgIpc) is 3.45. The van der Waals surface area contributed by atoms with Crippen LogP contribution in [0.3, 0.4) is 0 Å². The molecule has 0 amide bonds. The van der Waals surface area contributed by atoms with E-state index in [0.717, 1.165) is 31.2 Å². The molecule has 0 saturated heterocycles. The van der Waals surface area contributed by atoms with Crippen LogP contribution in [0, 0.1) is 10.1 Å². The van der Waals surface area contributed by atoms with Crippen molar-refractivity contribution in [3.63, 3.8) is 0 Å². The Morgan fingerprint density at radius 1 is 0.654 bits per heavy atom. The number of unbranched alkanes of at least 4 members (excludes halogenated alkanes) is 2. The van der Waals surface area contributed by atoms with E-state index >= 15 is 0 Å². The predicted octanol–water partition coefficient (Wildman–Crippen LogP) is 9.07. The molecule has 0 heterocycles. The first-order valence-electron chi connectivity index (χ1n) is 17.2. The van der Waals surface area contributed by atoms with Crippen LogP contribution in [0.15, 0.2) is 101 Å². The second-order valence-corrected chi connectivity index (χ2v) is 12.7. The van der Waals surface area contributed by atoms with Crippen LogP contribution in [-0.4, -0.2) is 39.9 Å². The van der Waals surface area contributed by atoms with Gasteiger partial charge in [0.2, 0.25) is 11.6 Å². The lowest BCUT2D eigenvalue weighted by molar-refractivity contribution is -0.384. The van der Waals surface area contributed by atoms with Crippen LogP contribution in [0.5, 0.6) is 0 Å². The van der Waals surface area contributed by atoms with Gasteiger partial charge in [0.15, 0.2) is 0 Å². The number of oxime groups is 2. The normalized spacial score (nSPS) is 13.2. The van der Waals surface area contributed by atoms with Crippen molar-refractivity contribution >= 4 is 40.6 Å². The number of fused-ring (bicyclic) bond motifs is 3. The van der Waals surface area contributed by atoms with Crippen molar-refractivity contribution in [2.24, 2.45) is 10.3 Å². The first-order valence-corrected chi connectivity index (χ1v) is 17.2. The fraction of sp³-hybridized carbons (Fsp3) is 0.268. The maximum atomic E-state index is 13.8. The van der Waals surface area contributed by atoms with E-state index in [-0.39, 0.29) is 39.4 Å². The van der Waals surface area contributed by atoms with Crippen LogP contribution in [0.4, 0.5) is 5.69 Å². The molecule has 4 aromatic carbocycles. The highest BCUT2D eigenvalue weighted by Crippen LogP contribution is 2.57. The Morgan fingerprint density at radius 2 is 1.13 bits per heavy atom. The lowest BCUT2D eigenvalue weighted by Crippen LogP contribution is -2.27. The van der Waals surface area contributed by atoms with Crippen LogP contribution in [0.2, 0.25) is 0 Å². The summed E-state index contributed by atoms with van der Waals surface area (Å²) in [5, 5.41) is 20.3. The minimum Gasteiger partial charge on any atom is -0.312 e. The Morgan fingerprint density at radius 3 is 1.62 bits per heavy atom. The summed E-state index contributed by atoms with van der Waals surface area (Å²) in [5.41, 5.74) is 2.02. The number of rotatable bonds is 15. The molecule has 0 aromatic heterocycles. The molecule has 0 unspecified atom stereocenters. The third kappa shape index (κ3) is 7.63. The van der Waals surface area contributed by atoms with E-state index in [1.807, 2.05) is 0 Å². The summed E-state index contributed by atoms with van der Waals surface area (Å²) >= 11 is 0. The van der Waals surface area contributed by atoms with E-state index in [4.69, 9.17) is 9.68 Å². The summed E-state index contributed by atoms with van der Waals surface area (Å²) in [4.78, 5) is 74.7. The van der Waals surface area contributed by atoms with Crippen molar-refractivity contribution in [3.05, 3.63) is 134 Å². The molecule has 5 rings (SSSR count). The highest BCUT2D eigenvalue weighted by molar-refractivity contribution is 6.46. The molecule has 11 nitrogen and oxygen atoms in total. The minimum absolute atomic E-state index is 0.0344. The molecule has 1 aliphatic carbocycles. The third-order valence-electron chi connectivity index (χ3n) is 9.28. The van der Waals surface area contributed by atoms with Crippen molar-refractivity contribution < 1.29 is 33.8 Å². The maximum Gasteiger partial charge on any atom is 0.365 e. The van der Waals surface area contributed by atoms with Gasteiger partial charge >= 0.3 is 11.9 Å². The summed E-state index contributed by atoms with van der Waals surface area (Å²) in [6.45, 7) is 6.95. The van der Waals surface area contributed by atoms with Gasteiger partial charge in [0, 0.05) is 22.6 Å². The van der Waals surface area contributed by atoms with Gasteiger partial charge in [-0.1, -0.05) is 98.4 Å². The molecule has 0 bridgehead atoms. The van der Waals surface area contributed by atoms with Gasteiger partial charge in [-0.05, 0) is 79.8 Å². The molecule has 0 N–H and O–H groups in total. The molecule has 0 saturated carbocycles. The number of hydrogen-bond donors (Lipinski definition) is 0. The number of Topliss-reactive ketones (excluding diaryl/α,β-unsaturated/α-hetero) is 2. The number of benzene rings is 4. The van der Waals surface area contributed by atoms with E-state index in [9.17, 15) is 29.3 Å². The summed E-state index contributed by atoms with van der Waals surface area (Å²) in [7, 11) is 0. The Labute approximate surface area is 301 Å².